The van der Waals surface area contributed by atoms with Gasteiger partial charge >= 0.3 is 0 Å². The molecule has 3 aromatic rings. The number of hydrogen-bond donors (Lipinski definition) is 0. The number of fused-ring (bicyclic) bond motifs is 1. The number of hydrogen-bond acceptors (Lipinski definition) is 3. The highest BCUT2D eigenvalue weighted by molar-refractivity contribution is 6.42. The van der Waals surface area contributed by atoms with Crippen LogP contribution in [0.5, 0.6) is 0 Å². The number of halogens is 2. The Labute approximate surface area is 143 Å². The molecule has 0 atom stereocenters. The van der Waals surface area contributed by atoms with Gasteiger partial charge in [0.15, 0.2) is 0 Å². The molecule has 0 saturated carbocycles. The van der Waals surface area contributed by atoms with Crippen LogP contribution in [-0.4, -0.2) is 21.7 Å². The first kappa shape index (κ1) is 16.0. The van der Waals surface area contributed by atoms with Crippen molar-refractivity contribution in [3.05, 3.63) is 74.5 Å². The highest BCUT2D eigenvalue weighted by Crippen LogP contribution is 2.23. The van der Waals surface area contributed by atoms with Crippen LogP contribution in [0.25, 0.3) is 10.9 Å². The number of nitrogens with zero attached hydrogens (tertiary/aromatic N) is 3. The summed E-state index contributed by atoms with van der Waals surface area (Å²) in [6, 6.07) is 13.1. The largest absolute Gasteiger partial charge is 0.287 e. The number of rotatable bonds is 4. The van der Waals surface area contributed by atoms with E-state index in [2.05, 4.69) is 10.00 Å². The van der Waals surface area contributed by atoms with Crippen LogP contribution in [-0.2, 0) is 13.2 Å². The molecule has 1 heterocycles. The second-order valence-corrected chi connectivity index (χ2v) is 6.24. The van der Waals surface area contributed by atoms with Gasteiger partial charge in [-0.25, -0.2) is 0 Å². The molecular formula is C17H15Cl2N3O. The Morgan fingerprint density at radius 3 is 2.70 bits per heavy atom. The van der Waals surface area contributed by atoms with Gasteiger partial charge in [0, 0.05) is 11.9 Å². The molecule has 6 heteroatoms. The van der Waals surface area contributed by atoms with Crippen LogP contribution in [0.2, 0.25) is 10.0 Å². The molecular weight excluding hydrogens is 333 g/mol. The van der Waals surface area contributed by atoms with Crippen LogP contribution >= 0.6 is 23.2 Å². The first-order valence-corrected chi connectivity index (χ1v) is 7.87. The van der Waals surface area contributed by atoms with Gasteiger partial charge in [-0.2, -0.15) is 5.10 Å². The Morgan fingerprint density at radius 1 is 1.13 bits per heavy atom. The van der Waals surface area contributed by atoms with Gasteiger partial charge in [-0.3, -0.25) is 14.4 Å². The molecule has 0 radical (unpaired) electrons. The molecule has 23 heavy (non-hydrogen) atoms. The summed E-state index contributed by atoms with van der Waals surface area (Å²) in [6.07, 6.45) is 1.36. The fourth-order valence-electron chi connectivity index (χ4n) is 2.50. The van der Waals surface area contributed by atoms with E-state index in [0.717, 1.165) is 11.1 Å². The van der Waals surface area contributed by atoms with E-state index in [9.17, 15) is 4.79 Å². The third kappa shape index (κ3) is 3.55. The molecule has 118 valence electrons. The SMILES string of the molecule is CN(Cc1ccc(Cl)c(Cl)c1)Cn1ncc(=O)c2ccccc21. The standard InChI is InChI=1S/C17H15Cl2N3O/c1-21(10-12-6-7-14(18)15(19)8-12)11-22-16-5-3-2-4-13(16)17(23)9-20-22/h2-9H,10-11H2,1H3. The maximum atomic E-state index is 11.9. The highest BCUT2D eigenvalue weighted by Gasteiger charge is 2.07. The van der Waals surface area contributed by atoms with E-state index in [1.807, 2.05) is 48.1 Å². The van der Waals surface area contributed by atoms with E-state index in [4.69, 9.17) is 23.2 Å². The first-order chi connectivity index (χ1) is 11.0. The molecule has 0 bridgehead atoms. The predicted octanol–water partition coefficient (Wildman–Crippen LogP) is 3.79. The monoisotopic (exact) mass is 347 g/mol. The van der Waals surface area contributed by atoms with E-state index < -0.39 is 0 Å². The van der Waals surface area contributed by atoms with Crippen molar-refractivity contribution in [1.82, 2.24) is 14.7 Å². The van der Waals surface area contributed by atoms with E-state index in [1.54, 1.807) is 6.07 Å². The summed E-state index contributed by atoms with van der Waals surface area (Å²) in [7, 11) is 1.98. The summed E-state index contributed by atoms with van der Waals surface area (Å²) < 4.78 is 1.81. The van der Waals surface area contributed by atoms with Gasteiger partial charge in [0.25, 0.3) is 0 Å². The van der Waals surface area contributed by atoms with Gasteiger partial charge in [-0.1, -0.05) is 41.4 Å². The van der Waals surface area contributed by atoms with Gasteiger partial charge in [0.2, 0.25) is 5.43 Å². The van der Waals surface area contributed by atoms with Gasteiger partial charge in [-0.15, -0.1) is 0 Å². The van der Waals surface area contributed by atoms with Crippen LogP contribution in [0.15, 0.2) is 53.5 Å². The molecule has 1 aromatic heterocycles. The molecule has 2 aromatic carbocycles. The first-order valence-electron chi connectivity index (χ1n) is 7.12. The molecule has 0 fully saturated rings. The summed E-state index contributed by atoms with van der Waals surface area (Å²) in [5.41, 5.74) is 1.82. The van der Waals surface area contributed by atoms with Gasteiger partial charge in [-0.05, 0) is 36.9 Å². The summed E-state index contributed by atoms with van der Waals surface area (Å²) >= 11 is 12.0. The summed E-state index contributed by atoms with van der Waals surface area (Å²) in [5.74, 6) is 0. The summed E-state index contributed by atoms with van der Waals surface area (Å²) in [6.45, 7) is 1.25. The van der Waals surface area contributed by atoms with Gasteiger partial charge < -0.3 is 0 Å². The summed E-state index contributed by atoms with van der Waals surface area (Å²) in [5, 5.41) is 6.00. The molecule has 0 spiro atoms. The van der Waals surface area contributed by atoms with Crippen LogP contribution in [0.1, 0.15) is 5.56 Å². The zero-order chi connectivity index (χ0) is 16.4. The normalized spacial score (nSPS) is 11.3. The van der Waals surface area contributed by atoms with E-state index in [1.165, 1.54) is 6.20 Å². The van der Waals surface area contributed by atoms with E-state index in [-0.39, 0.29) is 5.43 Å². The Kier molecular flexibility index (Phi) is 4.66. The van der Waals surface area contributed by atoms with E-state index >= 15 is 0 Å². The average Bonchev–Trinajstić information content (AvgIpc) is 2.54. The lowest BCUT2D eigenvalue weighted by molar-refractivity contribution is 0.249. The Morgan fingerprint density at radius 2 is 1.91 bits per heavy atom. The second-order valence-electron chi connectivity index (χ2n) is 5.43. The number of para-hydroxylation sites is 1. The zero-order valence-corrected chi connectivity index (χ0v) is 14.1. The molecule has 0 saturated heterocycles. The minimum Gasteiger partial charge on any atom is -0.287 e. The minimum absolute atomic E-state index is 0.0658. The van der Waals surface area contributed by atoms with Crippen molar-refractivity contribution in [2.75, 3.05) is 7.05 Å². The van der Waals surface area contributed by atoms with Crippen LogP contribution in [0.4, 0.5) is 0 Å². The van der Waals surface area contributed by atoms with Gasteiger partial charge in [0.05, 0.1) is 28.4 Å². The third-order valence-corrected chi connectivity index (χ3v) is 4.31. The lowest BCUT2D eigenvalue weighted by Crippen LogP contribution is -2.24. The van der Waals surface area contributed by atoms with Crippen LogP contribution in [0.3, 0.4) is 0 Å². The van der Waals surface area contributed by atoms with Gasteiger partial charge in [0.1, 0.15) is 0 Å². The lowest BCUT2D eigenvalue weighted by Gasteiger charge is -2.19. The molecule has 3 rings (SSSR count). The molecule has 0 amide bonds. The second kappa shape index (κ2) is 6.71. The molecule has 0 aliphatic rings. The highest BCUT2D eigenvalue weighted by atomic mass is 35.5. The fourth-order valence-corrected chi connectivity index (χ4v) is 2.82. The van der Waals surface area contributed by atoms with Crippen molar-refractivity contribution >= 4 is 34.1 Å². The third-order valence-electron chi connectivity index (χ3n) is 3.57. The quantitative estimate of drug-likeness (QED) is 0.720. The molecule has 0 aliphatic carbocycles. The maximum absolute atomic E-state index is 11.9. The fraction of sp³-hybridized carbons (Fsp3) is 0.176. The minimum atomic E-state index is -0.0658. The van der Waals surface area contributed by atoms with Crippen molar-refractivity contribution in [3.8, 4) is 0 Å². The smallest absolute Gasteiger partial charge is 0.207 e. The van der Waals surface area contributed by atoms with Crippen molar-refractivity contribution in [3.63, 3.8) is 0 Å². The molecule has 4 nitrogen and oxygen atoms in total. The number of benzene rings is 2. The Hall–Kier alpha value is -1.88. The average molecular weight is 348 g/mol. The summed E-state index contributed by atoms with van der Waals surface area (Å²) in [4.78, 5) is 13.9. The Bertz CT molecular complexity index is 908. The topological polar surface area (TPSA) is 38.1 Å². The number of aromatic nitrogens is 2. The molecule has 0 unspecified atom stereocenters. The van der Waals surface area contributed by atoms with Crippen molar-refractivity contribution in [1.29, 1.82) is 0 Å². The van der Waals surface area contributed by atoms with Crippen molar-refractivity contribution < 1.29 is 0 Å². The van der Waals surface area contributed by atoms with Crippen LogP contribution < -0.4 is 5.43 Å². The van der Waals surface area contributed by atoms with E-state index in [0.29, 0.717) is 28.6 Å². The molecule has 0 N–H and O–H groups in total. The van der Waals surface area contributed by atoms with Crippen LogP contribution in [0, 0.1) is 0 Å². The Balaban J connectivity index is 1.83. The maximum Gasteiger partial charge on any atom is 0.207 e. The van der Waals surface area contributed by atoms with Crippen molar-refractivity contribution in [2.24, 2.45) is 0 Å². The predicted molar refractivity (Wildman–Crippen MR) is 93.9 cm³/mol. The van der Waals surface area contributed by atoms with Crippen molar-refractivity contribution in [2.45, 2.75) is 13.2 Å². The zero-order valence-electron chi connectivity index (χ0n) is 12.5. The molecule has 0 aliphatic heterocycles. The lowest BCUT2D eigenvalue weighted by atomic mass is 10.2.